The third-order valence-electron chi connectivity index (χ3n) is 8.61. The van der Waals surface area contributed by atoms with E-state index in [1.807, 2.05) is 21.1 Å². The van der Waals surface area contributed by atoms with Crippen molar-refractivity contribution in [3.05, 3.63) is 57.3 Å². The van der Waals surface area contributed by atoms with E-state index in [1.165, 1.54) is 47.3 Å². The average Bonchev–Trinajstić information content (AvgIpc) is 3.58. The van der Waals surface area contributed by atoms with Gasteiger partial charge in [0.15, 0.2) is 0 Å². The van der Waals surface area contributed by atoms with Crippen molar-refractivity contribution < 1.29 is 9.59 Å². The second-order valence-corrected chi connectivity index (χ2v) is 12.1. The first-order valence-electron chi connectivity index (χ1n) is 13.9. The summed E-state index contributed by atoms with van der Waals surface area (Å²) in [6.07, 6.45) is 8.53. The van der Waals surface area contributed by atoms with Crippen LogP contribution >= 0.6 is 11.3 Å². The van der Waals surface area contributed by atoms with E-state index in [2.05, 4.69) is 54.5 Å². The molecule has 0 radical (unpaired) electrons. The van der Waals surface area contributed by atoms with Gasteiger partial charge in [-0.25, -0.2) is 0 Å². The second-order valence-electron chi connectivity index (χ2n) is 11.1. The molecule has 2 aromatic rings. The Morgan fingerprint density at radius 1 is 0.972 bits per heavy atom. The Balaban J connectivity index is 1.15. The molecule has 2 fully saturated rings. The Morgan fingerprint density at radius 2 is 1.75 bits per heavy atom. The first-order valence-corrected chi connectivity index (χ1v) is 14.8. The maximum absolute atomic E-state index is 13.2. The molecule has 1 saturated carbocycles. The summed E-state index contributed by atoms with van der Waals surface area (Å²) in [4.78, 5) is 34.1. The Kier molecular flexibility index (Phi) is 8.12. The molecule has 1 aliphatic carbocycles. The number of benzene rings is 1. The summed E-state index contributed by atoms with van der Waals surface area (Å²) < 4.78 is 0. The second kappa shape index (κ2) is 11.5. The molecule has 0 spiro atoms. The van der Waals surface area contributed by atoms with E-state index < -0.39 is 0 Å². The SMILES string of the molecule is Cc1ccc([C@H]2c3ccsc3CCN2CCC(=O)N2CCN(C(=O)CCC3CCCC3)[C@H](C)C2)cc1. The standard InChI is InChI=1S/C30H41N3O2S/c1-22-7-10-25(11-8-22)30-26-15-20-36-27(26)13-16-31(30)17-14-28(34)32-18-19-33(23(2)21-32)29(35)12-9-24-5-3-4-6-24/h7-8,10-11,15,20,23-24,30H,3-6,9,12-14,16-19,21H2,1-2H3/t23-,30+/m1/s1. The minimum atomic E-state index is 0.0995. The number of fused-ring (bicyclic) bond motifs is 1. The van der Waals surface area contributed by atoms with Gasteiger partial charge in [-0.2, -0.15) is 0 Å². The molecule has 3 aliphatic rings. The molecular weight excluding hydrogens is 466 g/mol. The smallest absolute Gasteiger partial charge is 0.223 e. The number of piperazine rings is 1. The highest BCUT2D eigenvalue weighted by Crippen LogP contribution is 2.38. The molecule has 2 atom stereocenters. The number of nitrogens with zero attached hydrogens (tertiary/aromatic N) is 3. The Morgan fingerprint density at radius 3 is 2.50 bits per heavy atom. The zero-order valence-electron chi connectivity index (χ0n) is 22.0. The van der Waals surface area contributed by atoms with Gasteiger partial charge < -0.3 is 9.80 Å². The minimum absolute atomic E-state index is 0.0995. The van der Waals surface area contributed by atoms with Crippen LogP contribution < -0.4 is 0 Å². The fourth-order valence-electron chi connectivity index (χ4n) is 6.47. The molecule has 1 aromatic heterocycles. The van der Waals surface area contributed by atoms with Crippen molar-refractivity contribution in [3.8, 4) is 0 Å². The highest BCUT2D eigenvalue weighted by atomic mass is 32.1. The van der Waals surface area contributed by atoms with Gasteiger partial charge in [-0.15, -0.1) is 11.3 Å². The molecule has 194 valence electrons. The fourth-order valence-corrected chi connectivity index (χ4v) is 7.37. The van der Waals surface area contributed by atoms with Crippen LogP contribution in [0.25, 0.3) is 0 Å². The summed E-state index contributed by atoms with van der Waals surface area (Å²) in [5, 5.41) is 2.20. The molecular formula is C30H41N3O2S. The van der Waals surface area contributed by atoms with Crippen LogP contribution in [0.5, 0.6) is 0 Å². The van der Waals surface area contributed by atoms with Crippen molar-refractivity contribution in [2.75, 3.05) is 32.7 Å². The van der Waals surface area contributed by atoms with E-state index in [0.717, 1.165) is 31.8 Å². The number of amides is 2. The number of thiophene rings is 1. The average molecular weight is 508 g/mol. The summed E-state index contributed by atoms with van der Waals surface area (Å²) >= 11 is 1.86. The van der Waals surface area contributed by atoms with E-state index in [-0.39, 0.29) is 23.9 Å². The largest absolute Gasteiger partial charge is 0.339 e. The van der Waals surface area contributed by atoms with Crippen molar-refractivity contribution in [2.45, 2.75) is 77.3 Å². The Labute approximate surface area is 220 Å². The molecule has 0 bridgehead atoms. The first-order chi connectivity index (χ1) is 17.5. The van der Waals surface area contributed by atoms with Gasteiger partial charge in [-0.05, 0) is 55.2 Å². The van der Waals surface area contributed by atoms with Crippen LogP contribution in [0.1, 0.15) is 79.5 Å². The number of hydrogen-bond donors (Lipinski definition) is 0. The summed E-state index contributed by atoms with van der Waals surface area (Å²) in [7, 11) is 0. The maximum atomic E-state index is 13.2. The van der Waals surface area contributed by atoms with Gasteiger partial charge in [-0.1, -0.05) is 55.5 Å². The quantitative estimate of drug-likeness (QED) is 0.502. The predicted octanol–water partition coefficient (Wildman–Crippen LogP) is 5.42. The van der Waals surface area contributed by atoms with E-state index in [1.54, 1.807) is 0 Å². The molecule has 3 heterocycles. The van der Waals surface area contributed by atoms with Crippen LogP contribution in [0.2, 0.25) is 0 Å². The molecule has 6 heteroatoms. The molecule has 0 unspecified atom stereocenters. The number of carbonyl (C=O) groups excluding carboxylic acids is 2. The number of aryl methyl sites for hydroxylation is 1. The number of hydrogen-bond acceptors (Lipinski definition) is 4. The Bertz CT molecular complexity index is 1040. The highest BCUT2D eigenvalue weighted by Gasteiger charge is 2.32. The predicted molar refractivity (Wildman–Crippen MR) is 146 cm³/mol. The molecule has 5 rings (SSSR count). The third kappa shape index (κ3) is 5.70. The lowest BCUT2D eigenvalue weighted by Crippen LogP contribution is -2.55. The summed E-state index contributed by atoms with van der Waals surface area (Å²) in [6, 6.07) is 11.5. The van der Waals surface area contributed by atoms with E-state index in [0.29, 0.717) is 32.5 Å². The van der Waals surface area contributed by atoms with Crippen LogP contribution in [-0.2, 0) is 16.0 Å². The van der Waals surface area contributed by atoms with Crippen molar-refractivity contribution in [3.63, 3.8) is 0 Å². The minimum Gasteiger partial charge on any atom is -0.339 e. The van der Waals surface area contributed by atoms with Crippen molar-refractivity contribution in [2.24, 2.45) is 5.92 Å². The van der Waals surface area contributed by atoms with Crippen LogP contribution in [0, 0.1) is 12.8 Å². The number of rotatable bonds is 7. The van der Waals surface area contributed by atoms with Crippen LogP contribution in [0.4, 0.5) is 0 Å². The highest BCUT2D eigenvalue weighted by molar-refractivity contribution is 7.10. The summed E-state index contributed by atoms with van der Waals surface area (Å²) in [6.45, 7) is 7.97. The molecule has 2 aliphatic heterocycles. The van der Waals surface area contributed by atoms with Gasteiger partial charge in [0.05, 0.1) is 6.04 Å². The molecule has 0 N–H and O–H groups in total. The monoisotopic (exact) mass is 507 g/mol. The van der Waals surface area contributed by atoms with Crippen molar-refractivity contribution in [1.29, 1.82) is 0 Å². The zero-order chi connectivity index (χ0) is 25.1. The zero-order valence-corrected chi connectivity index (χ0v) is 22.8. The first kappa shape index (κ1) is 25.5. The Hall–Kier alpha value is -2.18. The van der Waals surface area contributed by atoms with Gasteiger partial charge in [0.1, 0.15) is 0 Å². The van der Waals surface area contributed by atoms with E-state index in [9.17, 15) is 9.59 Å². The third-order valence-corrected chi connectivity index (χ3v) is 9.61. The normalized spacial score (nSPS) is 23.2. The van der Waals surface area contributed by atoms with E-state index in [4.69, 9.17) is 0 Å². The lowest BCUT2D eigenvalue weighted by atomic mass is 9.92. The lowest BCUT2D eigenvalue weighted by Gasteiger charge is -2.41. The number of carbonyl (C=O) groups is 2. The summed E-state index contributed by atoms with van der Waals surface area (Å²) in [5.41, 5.74) is 3.98. The van der Waals surface area contributed by atoms with Crippen LogP contribution in [0.3, 0.4) is 0 Å². The van der Waals surface area contributed by atoms with Crippen molar-refractivity contribution in [1.82, 2.24) is 14.7 Å². The van der Waals surface area contributed by atoms with Gasteiger partial charge in [0, 0.05) is 56.5 Å². The lowest BCUT2D eigenvalue weighted by molar-refractivity contribution is -0.142. The molecule has 1 aromatic carbocycles. The topological polar surface area (TPSA) is 43.9 Å². The summed E-state index contributed by atoms with van der Waals surface area (Å²) in [5.74, 6) is 1.25. The molecule has 5 nitrogen and oxygen atoms in total. The molecule has 36 heavy (non-hydrogen) atoms. The van der Waals surface area contributed by atoms with Gasteiger partial charge in [0.25, 0.3) is 0 Å². The van der Waals surface area contributed by atoms with Gasteiger partial charge in [-0.3, -0.25) is 14.5 Å². The van der Waals surface area contributed by atoms with Gasteiger partial charge in [0.2, 0.25) is 11.8 Å². The van der Waals surface area contributed by atoms with Crippen LogP contribution in [-0.4, -0.2) is 65.3 Å². The van der Waals surface area contributed by atoms with Gasteiger partial charge >= 0.3 is 0 Å². The molecule has 2 amide bonds. The molecule has 1 saturated heterocycles. The fraction of sp³-hybridized carbons (Fsp3) is 0.600. The van der Waals surface area contributed by atoms with Crippen LogP contribution in [0.15, 0.2) is 35.7 Å². The maximum Gasteiger partial charge on any atom is 0.223 e. The van der Waals surface area contributed by atoms with Crippen molar-refractivity contribution >= 4 is 23.2 Å². The van der Waals surface area contributed by atoms with E-state index >= 15 is 0 Å².